The van der Waals surface area contributed by atoms with Crippen LogP contribution in [0.4, 0.5) is 0 Å². The topological polar surface area (TPSA) is 45.5 Å². The summed E-state index contributed by atoms with van der Waals surface area (Å²) >= 11 is 0. The molecule has 2 fully saturated rings. The van der Waals surface area contributed by atoms with E-state index in [0.717, 1.165) is 32.1 Å². The molecule has 5 heteroatoms. The second kappa shape index (κ2) is 6.93. The zero-order valence-corrected chi connectivity index (χ0v) is 14.9. The van der Waals surface area contributed by atoms with E-state index in [4.69, 9.17) is 4.99 Å². The molecule has 0 aromatic carbocycles. The van der Waals surface area contributed by atoms with Crippen molar-refractivity contribution >= 4 is 5.96 Å². The van der Waals surface area contributed by atoms with Crippen LogP contribution >= 0.6 is 0 Å². The molecule has 2 aliphatic rings. The van der Waals surface area contributed by atoms with E-state index in [1.54, 1.807) is 0 Å². The summed E-state index contributed by atoms with van der Waals surface area (Å²) in [4.78, 5) is 7.42. The molecule has 1 aromatic rings. The molecule has 1 unspecified atom stereocenters. The van der Waals surface area contributed by atoms with Crippen LogP contribution in [-0.4, -0.2) is 46.8 Å². The van der Waals surface area contributed by atoms with Crippen LogP contribution in [0.25, 0.3) is 0 Å². The molecule has 0 bridgehead atoms. The van der Waals surface area contributed by atoms with Crippen LogP contribution in [0.1, 0.15) is 57.4 Å². The number of aliphatic imine (C=N–C) groups is 1. The van der Waals surface area contributed by atoms with Crippen molar-refractivity contribution in [2.24, 2.45) is 17.5 Å². The Labute approximate surface area is 140 Å². The van der Waals surface area contributed by atoms with E-state index in [1.807, 2.05) is 17.9 Å². The fourth-order valence-electron chi connectivity index (χ4n) is 3.95. The lowest BCUT2D eigenvalue weighted by Gasteiger charge is -2.25. The standard InChI is InChI=1S/C18H31N5/c1-4-19-17(20-14-18(2)8-5-6-9-18)23-10-7-15(13-23)16-11-21-22(3)12-16/h11-12,15H,4-10,13-14H2,1-3H3,(H,19,20). The molecule has 1 aromatic heterocycles. The Kier molecular flexibility index (Phi) is 4.93. The van der Waals surface area contributed by atoms with Gasteiger partial charge in [-0.2, -0.15) is 5.10 Å². The van der Waals surface area contributed by atoms with E-state index in [0.29, 0.717) is 11.3 Å². The smallest absolute Gasteiger partial charge is 0.193 e. The number of hydrogen-bond donors (Lipinski definition) is 1. The molecule has 23 heavy (non-hydrogen) atoms. The minimum atomic E-state index is 0.420. The lowest BCUT2D eigenvalue weighted by Crippen LogP contribution is -2.40. The van der Waals surface area contributed by atoms with Gasteiger partial charge in [0.25, 0.3) is 0 Å². The highest BCUT2D eigenvalue weighted by Crippen LogP contribution is 2.37. The third-order valence-electron chi connectivity index (χ3n) is 5.44. The van der Waals surface area contributed by atoms with Gasteiger partial charge in [0.1, 0.15) is 0 Å². The second-order valence-electron chi connectivity index (χ2n) is 7.57. The van der Waals surface area contributed by atoms with Crippen molar-refractivity contribution in [3.05, 3.63) is 18.0 Å². The summed E-state index contributed by atoms with van der Waals surface area (Å²) in [6.07, 6.45) is 10.7. The number of nitrogens with zero attached hydrogens (tertiary/aromatic N) is 4. The largest absolute Gasteiger partial charge is 0.357 e. The average Bonchev–Trinajstić information content (AvgIpc) is 3.24. The van der Waals surface area contributed by atoms with Gasteiger partial charge >= 0.3 is 0 Å². The number of nitrogens with one attached hydrogen (secondary N) is 1. The van der Waals surface area contributed by atoms with Crippen LogP contribution in [0.15, 0.2) is 17.4 Å². The number of rotatable bonds is 4. The normalized spacial score (nSPS) is 24.4. The highest BCUT2D eigenvalue weighted by molar-refractivity contribution is 5.80. The lowest BCUT2D eigenvalue weighted by atomic mass is 9.89. The maximum Gasteiger partial charge on any atom is 0.193 e. The third-order valence-corrected chi connectivity index (χ3v) is 5.44. The van der Waals surface area contributed by atoms with Crippen LogP contribution in [-0.2, 0) is 7.05 Å². The van der Waals surface area contributed by atoms with Gasteiger partial charge in [0.15, 0.2) is 5.96 Å². The van der Waals surface area contributed by atoms with Gasteiger partial charge in [0, 0.05) is 45.3 Å². The molecule has 0 spiro atoms. The van der Waals surface area contributed by atoms with E-state index < -0.39 is 0 Å². The molecule has 1 saturated carbocycles. The van der Waals surface area contributed by atoms with Crippen molar-refractivity contribution in [2.75, 3.05) is 26.2 Å². The first kappa shape index (κ1) is 16.3. The highest BCUT2D eigenvalue weighted by atomic mass is 15.3. The van der Waals surface area contributed by atoms with Gasteiger partial charge in [-0.25, -0.2) is 0 Å². The van der Waals surface area contributed by atoms with Crippen molar-refractivity contribution in [1.82, 2.24) is 20.0 Å². The van der Waals surface area contributed by atoms with E-state index in [-0.39, 0.29) is 0 Å². The van der Waals surface area contributed by atoms with Gasteiger partial charge < -0.3 is 10.2 Å². The molecular weight excluding hydrogens is 286 g/mol. The Bertz CT molecular complexity index is 541. The van der Waals surface area contributed by atoms with Gasteiger partial charge in [-0.05, 0) is 37.2 Å². The first-order valence-electron chi connectivity index (χ1n) is 9.11. The molecule has 1 aliphatic heterocycles. The van der Waals surface area contributed by atoms with E-state index >= 15 is 0 Å². The molecule has 1 aliphatic carbocycles. The molecular formula is C18H31N5. The molecule has 3 rings (SSSR count). The van der Waals surface area contributed by atoms with Crippen molar-refractivity contribution < 1.29 is 0 Å². The SMILES string of the molecule is CCNC(=NCC1(C)CCCC1)N1CCC(c2cnn(C)c2)C1. The van der Waals surface area contributed by atoms with Gasteiger partial charge in [-0.3, -0.25) is 9.67 Å². The van der Waals surface area contributed by atoms with Crippen LogP contribution in [0.5, 0.6) is 0 Å². The molecule has 1 saturated heterocycles. The number of hydrogen-bond acceptors (Lipinski definition) is 2. The average molecular weight is 317 g/mol. The zero-order valence-electron chi connectivity index (χ0n) is 14.9. The Morgan fingerprint density at radius 3 is 2.87 bits per heavy atom. The minimum Gasteiger partial charge on any atom is -0.357 e. The van der Waals surface area contributed by atoms with Crippen LogP contribution < -0.4 is 5.32 Å². The summed E-state index contributed by atoms with van der Waals surface area (Å²) < 4.78 is 1.90. The lowest BCUT2D eigenvalue weighted by molar-refractivity contribution is 0.347. The van der Waals surface area contributed by atoms with Crippen LogP contribution in [0.2, 0.25) is 0 Å². The summed E-state index contributed by atoms with van der Waals surface area (Å²) in [7, 11) is 1.99. The van der Waals surface area contributed by atoms with Gasteiger partial charge in [-0.15, -0.1) is 0 Å². The second-order valence-corrected chi connectivity index (χ2v) is 7.57. The van der Waals surface area contributed by atoms with Gasteiger partial charge in [0.2, 0.25) is 0 Å². The van der Waals surface area contributed by atoms with Crippen molar-refractivity contribution in [2.45, 2.75) is 51.9 Å². The molecule has 1 N–H and O–H groups in total. The van der Waals surface area contributed by atoms with E-state index in [2.05, 4.69) is 35.4 Å². The monoisotopic (exact) mass is 317 g/mol. The number of aromatic nitrogens is 2. The summed E-state index contributed by atoms with van der Waals surface area (Å²) in [6, 6.07) is 0. The first-order valence-corrected chi connectivity index (χ1v) is 9.11. The van der Waals surface area contributed by atoms with Crippen LogP contribution in [0, 0.1) is 5.41 Å². The molecule has 5 nitrogen and oxygen atoms in total. The van der Waals surface area contributed by atoms with Crippen molar-refractivity contribution in [3.63, 3.8) is 0 Å². The summed E-state index contributed by atoms with van der Waals surface area (Å²) in [5.74, 6) is 1.68. The maximum atomic E-state index is 4.99. The fourth-order valence-corrected chi connectivity index (χ4v) is 3.95. The molecule has 128 valence electrons. The third kappa shape index (κ3) is 3.88. The van der Waals surface area contributed by atoms with E-state index in [9.17, 15) is 0 Å². The Morgan fingerprint density at radius 2 is 2.22 bits per heavy atom. The van der Waals surface area contributed by atoms with E-state index in [1.165, 1.54) is 37.7 Å². The fraction of sp³-hybridized carbons (Fsp3) is 0.778. The van der Waals surface area contributed by atoms with Crippen molar-refractivity contribution in [3.8, 4) is 0 Å². The van der Waals surface area contributed by atoms with Crippen LogP contribution in [0.3, 0.4) is 0 Å². The predicted octanol–water partition coefficient (Wildman–Crippen LogP) is 2.76. The minimum absolute atomic E-state index is 0.420. The quantitative estimate of drug-likeness (QED) is 0.686. The zero-order chi connectivity index (χ0) is 16.3. The Morgan fingerprint density at radius 1 is 1.43 bits per heavy atom. The molecule has 2 heterocycles. The summed E-state index contributed by atoms with van der Waals surface area (Å²) in [5, 5.41) is 7.82. The summed E-state index contributed by atoms with van der Waals surface area (Å²) in [5.41, 5.74) is 1.77. The Balaban J connectivity index is 1.64. The first-order chi connectivity index (χ1) is 11.1. The summed E-state index contributed by atoms with van der Waals surface area (Å²) in [6.45, 7) is 8.58. The van der Waals surface area contributed by atoms with Crippen molar-refractivity contribution in [1.29, 1.82) is 0 Å². The number of aryl methyl sites for hydroxylation is 1. The number of likely N-dealkylation sites (tertiary alicyclic amines) is 1. The molecule has 0 amide bonds. The van der Waals surface area contributed by atoms with Gasteiger partial charge in [0.05, 0.1) is 6.20 Å². The molecule has 1 atom stereocenters. The Hall–Kier alpha value is -1.52. The van der Waals surface area contributed by atoms with Gasteiger partial charge in [-0.1, -0.05) is 19.8 Å². The predicted molar refractivity (Wildman–Crippen MR) is 94.7 cm³/mol. The maximum absolute atomic E-state index is 4.99. The number of guanidine groups is 1. The molecule has 0 radical (unpaired) electrons. The highest BCUT2D eigenvalue weighted by Gasteiger charge is 2.30.